The van der Waals surface area contributed by atoms with Crippen LogP contribution in [0, 0.1) is 5.41 Å². The number of aliphatic hydroxyl groups is 1. The summed E-state index contributed by atoms with van der Waals surface area (Å²) < 4.78 is 0. The second-order valence-electron chi connectivity index (χ2n) is 8.07. The minimum atomic E-state index is -0.492. The average molecular weight is 287 g/mol. The number of fused-ring (bicyclic) bond motifs is 1. The van der Waals surface area contributed by atoms with Gasteiger partial charge in [-0.05, 0) is 42.6 Å². The van der Waals surface area contributed by atoms with Gasteiger partial charge >= 0.3 is 0 Å². The first-order valence-electron chi connectivity index (χ1n) is 8.40. The lowest BCUT2D eigenvalue weighted by atomic mass is 9.67. The molecule has 116 valence electrons. The molecule has 1 aromatic carbocycles. The van der Waals surface area contributed by atoms with Crippen LogP contribution in [-0.4, -0.2) is 34.7 Å². The number of benzene rings is 1. The van der Waals surface area contributed by atoms with Gasteiger partial charge in [-0.1, -0.05) is 51.1 Å². The second-order valence-corrected chi connectivity index (χ2v) is 8.07. The van der Waals surface area contributed by atoms with Crippen LogP contribution in [0.15, 0.2) is 30.3 Å². The Kier molecular flexibility index (Phi) is 3.87. The van der Waals surface area contributed by atoms with Crippen LogP contribution in [0.5, 0.6) is 0 Å². The largest absolute Gasteiger partial charge is 0.389 e. The van der Waals surface area contributed by atoms with Crippen molar-refractivity contribution >= 4 is 0 Å². The molecule has 2 heteroatoms. The molecule has 1 N–H and O–H groups in total. The maximum absolute atomic E-state index is 11.0. The van der Waals surface area contributed by atoms with Crippen molar-refractivity contribution in [2.45, 2.75) is 64.0 Å². The minimum absolute atomic E-state index is 0.0185. The third kappa shape index (κ3) is 2.89. The quantitative estimate of drug-likeness (QED) is 0.849. The molecule has 2 heterocycles. The molecule has 0 unspecified atom stereocenters. The Morgan fingerprint density at radius 3 is 2.52 bits per heavy atom. The molecule has 0 saturated carbocycles. The van der Waals surface area contributed by atoms with Gasteiger partial charge in [-0.25, -0.2) is 0 Å². The van der Waals surface area contributed by atoms with E-state index in [1.54, 1.807) is 0 Å². The van der Waals surface area contributed by atoms with E-state index < -0.39 is 5.60 Å². The van der Waals surface area contributed by atoms with Gasteiger partial charge in [0.25, 0.3) is 0 Å². The van der Waals surface area contributed by atoms with Crippen LogP contribution in [0.4, 0.5) is 0 Å². The van der Waals surface area contributed by atoms with Gasteiger partial charge in [-0.2, -0.15) is 0 Å². The molecular weight excluding hydrogens is 258 g/mol. The molecule has 0 aromatic heterocycles. The van der Waals surface area contributed by atoms with Gasteiger partial charge in [0.15, 0.2) is 0 Å². The molecule has 0 spiro atoms. The molecule has 3 atom stereocenters. The minimum Gasteiger partial charge on any atom is -0.389 e. The van der Waals surface area contributed by atoms with Crippen LogP contribution < -0.4 is 0 Å². The summed E-state index contributed by atoms with van der Waals surface area (Å²) in [7, 11) is 0. The van der Waals surface area contributed by atoms with E-state index in [1.807, 2.05) is 0 Å². The van der Waals surface area contributed by atoms with Crippen LogP contribution in [-0.2, 0) is 0 Å². The van der Waals surface area contributed by atoms with Gasteiger partial charge in [0.1, 0.15) is 0 Å². The first-order chi connectivity index (χ1) is 9.89. The number of nitrogens with zero attached hydrogens (tertiary/aromatic N) is 1. The molecule has 2 aliphatic heterocycles. The molecule has 2 aliphatic rings. The van der Waals surface area contributed by atoms with E-state index in [1.165, 1.54) is 18.4 Å². The highest BCUT2D eigenvalue weighted by Crippen LogP contribution is 2.44. The van der Waals surface area contributed by atoms with Crippen LogP contribution >= 0.6 is 0 Å². The van der Waals surface area contributed by atoms with Crippen LogP contribution in [0.25, 0.3) is 0 Å². The normalized spacial score (nSPS) is 34.5. The SMILES string of the molecule is CC(C)(C)[C@@]1(O)CCN2C[C@H](c3ccccc3)CC[C@H]2C1. The van der Waals surface area contributed by atoms with E-state index in [-0.39, 0.29) is 5.41 Å². The van der Waals surface area contributed by atoms with Crippen molar-refractivity contribution < 1.29 is 5.11 Å². The lowest BCUT2D eigenvalue weighted by molar-refractivity contribution is -0.122. The van der Waals surface area contributed by atoms with Crippen molar-refractivity contribution in [2.24, 2.45) is 5.41 Å². The highest BCUT2D eigenvalue weighted by Gasteiger charge is 2.47. The Bertz CT molecular complexity index is 478. The number of rotatable bonds is 1. The number of piperidine rings is 2. The Balaban J connectivity index is 1.69. The zero-order chi connectivity index (χ0) is 15.1. The summed E-state index contributed by atoms with van der Waals surface area (Å²) in [6, 6.07) is 11.5. The molecule has 0 radical (unpaired) electrons. The molecule has 2 saturated heterocycles. The molecule has 0 aliphatic carbocycles. The van der Waals surface area contributed by atoms with Gasteiger partial charge < -0.3 is 5.11 Å². The van der Waals surface area contributed by atoms with E-state index in [4.69, 9.17) is 0 Å². The maximum Gasteiger partial charge on any atom is 0.0722 e. The first-order valence-corrected chi connectivity index (χ1v) is 8.40. The third-order valence-corrected chi connectivity index (χ3v) is 5.87. The number of hydrogen-bond acceptors (Lipinski definition) is 2. The summed E-state index contributed by atoms with van der Waals surface area (Å²) in [6.07, 6.45) is 4.33. The smallest absolute Gasteiger partial charge is 0.0722 e. The van der Waals surface area contributed by atoms with Crippen molar-refractivity contribution in [1.82, 2.24) is 4.90 Å². The molecule has 2 nitrogen and oxygen atoms in total. The fraction of sp³-hybridized carbons (Fsp3) is 0.684. The third-order valence-electron chi connectivity index (χ3n) is 5.87. The zero-order valence-corrected chi connectivity index (χ0v) is 13.7. The van der Waals surface area contributed by atoms with E-state index in [9.17, 15) is 5.11 Å². The fourth-order valence-corrected chi connectivity index (χ4v) is 4.10. The van der Waals surface area contributed by atoms with Gasteiger partial charge in [-0.3, -0.25) is 4.90 Å². The molecule has 1 aromatic rings. The van der Waals surface area contributed by atoms with Gasteiger partial charge in [-0.15, -0.1) is 0 Å². The summed E-state index contributed by atoms with van der Waals surface area (Å²) in [4.78, 5) is 2.63. The van der Waals surface area contributed by atoms with Crippen molar-refractivity contribution in [3.8, 4) is 0 Å². The van der Waals surface area contributed by atoms with Crippen molar-refractivity contribution in [3.63, 3.8) is 0 Å². The van der Waals surface area contributed by atoms with Crippen molar-refractivity contribution in [3.05, 3.63) is 35.9 Å². The van der Waals surface area contributed by atoms with Gasteiger partial charge in [0.05, 0.1) is 5.60 Å². The van der Waals surface area contributed by atoms with Crippen molar-refractivity contribution in [1.29, 1.82) is 0 Å². The summed E-state index contributed by atoms with van der Waals surface area (Å²) in [5.41, 5.74) is 0.968. The van der Waals surface area contributed by atoms with Crippen LogP contribution in [0.1, 0.15) is 57.9 Å². The van der Waals surface area contributed by atoms with E-state index >= 15 is 0 Å². The predicted octanol–water partition coefficient (Wildman–Crippen LogP) is 3.81. The first kappa shape index (κ1) is 15.1. The lowest BCUT2D eigenvalue weighted by Crippen LogP contribution is -2.57. The second kappa shape index (κ2) is 5.40. The van der Waals surface area contributed by atoms with Crippen molar-refractivity contribution in [2.75, 3.05) is 13.1 Å². The van der Waals surface area contributed by atoms with E-state index in [2.05, 4.69) is 56.0 Å². The summed E-state index contributed by atoms with van der Waals surface area (Å²) >= 11 is 0. The summed E-state index contributed by atoms with van der Waals surface area (Å²) in [6.45, 7) is 8.74. The van der Waals surface area contributed by atoms with E-state index in [0.29, 0.717) is 12.0 Å². The highest BCUT2D eigenvalue weighted by atomic mass is 16.3. The average Bonchev–Trinajstić information content (AvgIpc) is 2.46. The topological polar surface area (TPSA) is 23.5 Å². The molecule has 0 amide bonds. The number of hydrogen-bond donors (Lipinski definition) is 1. The molecule has 21 heavy (non-hydrogen) atoms. The predicted molar refractivity (Wildman–Crippen MR) is 87.4 cm³/mol. The molecule has 0 bridgehead atoms. The maximum atomic E-state index is 11.0. The monoisotopic (exact) mass is 287 g/mol. The fourth-order valence-electron chi connectivity index (χ4n) is 4.10. The van der Waals surface area contributed by atoms with Crippen LogP contribution in [0.2, 0.25) is 0 Å². The Labute approximate surface area is 129 Å². The molecular formula is C19H29NO. The zero-order valence-electron chi connectivity index (χ0n) is 13.7. The highest BCUT2D eigenvalue weighted by molar-refractivity contribution is 5.21. The van der Waals surface area contributed by atoms with E-state index in [0.717, 1.165) is 25.9 Å². The summed E-state index contributed by atoms with van der Waals surface area (Å²) in [5, 5.41) is 11.0. The van der Waals surface area contributed by atoms with Crippen LogP contribution in [0.3, 0.4) is 0 Å². The van der Waals surface area contributed by atoms with Gasteiger partial charge in [0.2, 0.25) is 0 Å². The lowest BCUT2D eigenvalue weighted by Gasteiger charge is -2.52. The Morgan fingerprint density at radius 2 is 1.86 bits per heavy atom. The molecule has 2 fully saturated rings. The van der Waals surface area contributed by atoms with Gasteiger partial charge in [0, 0.05) is 19.1 Å². The molecule has 3 rings (SSSR count). The summed E-state index contributed by atoms with van der Waals surface area (Å²) in [5.74, 6) is 0.670. The Hall–Kier alpha value is -0.860. The Morgan fingerprint density at radius 1 is 1.14 bits per heavy atom. The standard InChI is InChI=1S/C19H29NO/c1-18(2,3)19(21)11-12-20-14-16(9-10-17(20)13-19)15-7-5-4-6-8-15/h4-8,16-17,21H,9-14H2,1-3H3/t16-,17+,19-/m1/s1.